The van der Waals surface area contributed by atoms with Gasteiger partial charge in [0.2, 0.25) is 0 Å². The zero-order chi connectivity index (χ0) is 12.7. The van der Waals surface area contributed by atoms with Crippen molar-refractivity contribution < 1.29 is 5.11 Å². The van der Waals surface area contributed by atoms with Gasteiger partial charge in [0.1, 0.15) is 16.7 Å². The maximum Gasteiger partial charge on any atom is 0.130 e. The summed E-state index contributed by atoms with van der Waals surface area (Å²) in [6, 6.07) is 1.97. The fraction of sp³-hybridized carbons (Fsp3) is 0.667. The third-order valence-electron chi connectivity index (χ3n) is 2.23. The molecule has 0 radical (unpaired) electrons. The van der Waals surface area contributed by atoms with Crippen molar-refractivity contribution in [3.63, 3.8) is 0 Å². The van der Waals surface area contributed by atoms with Crippen LogP contribution in [-0.2, 0) is 0 Å². The van der Waals surface area contributed by atoms with Gasteiger partial charge in [0.05, 0.1) is 0 Å². The van der Waals surface area contributed by atoms with E-state index in [9.17, 15) is 0 Å². The van der Waals surface area contributed by atoms with E-state index < -0.39 is 0 Å². The van der Waals surface area contributed by atoms with Crippen LogP contribution in [0, 0.1) is 6.92 Å². The molecule has 0 saturated carbocycles. The Kier molecular flexibility index (Phi) is 6.29. The predicted octanol–water partition coefficient (Wildman–Crippen LogP) is 2.47. The highest BCUT2D eigenvalue weighted by Crippen LogP contribution is 2.24. The van der Waals surface area contributed by atoms with Crippen LogP contribution in [0.4, 0.5) is 5.82 Å². The van der Waals surface area contributed by atoms with E-state index in [-0.39, 0.29) is 6.61 Å². The third-order valence-corrected chi connectivity index (χ3v) is 3.32. The Bertz CT molecular complexity index is 347. The monoisotopic (exact) mass is 255 g/mol. The number of thioether (sulfide) groups is 1. The summed E-state index contributed by atoms with van der Waals surface area (Å²) in [4.78, 5) is 8.73. The molecule has 0 bridgehead atoms. The molecule has 1 heterocycles. The number of anilines is 1. The van der Waals surface area contributed by atoms with E-state index in [1.165, 1.54) is 0 Å². The van der Waals surface area contributed by atoms with Crippen molar-refractivity contribution in [2.24, 2.45) is 0 Å². The number of nitrogens with zero attached hydrogens (tertiary/aromatic N) is 2. The summed E-state index contributed by atoms with van der Waals surface area (Å²) in [5.41, 5.74) is 0. The summed E-state index contributed by atoms with van der Waals surface area (Å²) in [5.74, 6) is 1.67. The highest BCUT2D eigenvalue weighted by molar-refractivity contribution is 7.99. The zero-order valence-electron chi connectivity index (χ0n) is 10.7. The minimum Gasteiger partial charge on any atom is -0.396 e. The zero-order valence-corrected chi connectivity index (χ0v) is 11.5. The van der Waals surface area contributed by atoms with Gasteiger partial charge in [-0.1, -0.05) is 13.8 Å². The first kappa shape index (κ1) is 14.3. The largest absolute Gasteiger partial charge is 0.396 e. The Balaban J connectivity index is 2.67. The average molecular weight is 255 g/mol. The van der Waals surface area contributed by atoms with Crippen LogP contribution in [-0.4, -0.2) is 33.5 Å². The lowest BCUT2D eigenvalue weighted by molar-refractivity contribution is 0.289. The van der Waals surface area contributed by atoms with Crippen LogP contribution in [0.3, 0.4) is 0 Å². The van der Waals surface area contributed by atoms with Crippen LogP contribution >= 0.6 is 11.8 Å². The van der Waals surface area contributed by atoms with E-state index in [0.29, 0.717) is 5.25 Å². The molecule has 1 aromatic rings. The van der Waals surface area contributed by atoms with Crippen molar-refractivity contribution in [2.75, 3.05) is 18.5 Å². The Hall–Kier alpha value is -0.810. The summed E-state index contributed by atoms with van der Waals surface area (Å²) in [5, 5.41) is 13.5. The number of hydrogen-bond donors (Lipinski definition) is 2. The number of nitrogens with one attached hydrogen (secondary N) is 1. The van der Waals surface area contributed by atoms with Crippen molar-refractivity contribution in [2.45, 2.75) is 43.9 Å². The maximum absolute atomic E-state index is 8.88. The van der Waals surface area contributed by atoms with E-state index in [1.54, 1.807) is 11.8 Å². The van der Waals surface area contributed by atoms with Crippen LogP contribution < -0.4 is 5.32 Å². The van der Waals surface area contributed by atoms with Gasteiger partial charge in [0.25, 0.3) is 0 Å². The number of hydrogen-bond acceptors (Lipinski definition) is 5. The average Bonchev–Trinajstić information content (AvgIpc) is 2.25. The van der Waals surface area contributed by atoms with E-state index in [2.05, 4.69) is 29.1 Å². The second-order valence-corrected chi connectivity index (χ2v) is 5.46. The Morgan fingerprint density at radius 1 is 1.47 bits per heavy atom. The van der Waals surface area contributed by atoms with E-state index in [4.69, 9.17) is 5.11 Å². The molecule has 1 unspecified atom stereocenters. The van der Waals surface area contributed by atoms with Crippen molar-refractivity contribution in [3.05, 3.63) is 11.9 Å². The summed E-state index contributed by atoms with van der Waals surface area (Å²) in [7, 11) is 0. The summed E-state index contributed by atoms with van der Waals surface area (Å²) < 4.78 is 0. The summed E-state index contributed by atoms with van der Waals surface area (Å²) >= 11 is 1.68. The molecule has 17 heavy (non-hydrogen) atoms. The molecule has 0 aliphatic carbocycles. The van der Waals surface area contributed by atoms with E-state index in [1.807, 2.05) is 13.0 Å². The molecule has 0 aliphatic rings. The lowest BCUT2D eigenvalue weighted by Gasteiger charge is -2.11. The maximum atomic E-state index is 8.88. The Morgan fingerprint density at radius 2 is 2.24 bits per heavy atom. The Labute approximate surface area is 107 Å². The molecular weight excluding hydrogens is 234 g/mol. The van der Waals surface area contributed by atoms with Crippen molar-refractivity contribution >= 4 is 17.6 Å². The standard InChI is InChI=1S/C12H21N3OS/c1-4-6-13-11-8-12(15-10(3)14-11)17-9(2)5-7-16/h8-9,16H,4-7H2,1-3H3,(H,13,14,15). The molecule has 0 aliphatic heterocycles. The number of rotatable bonds is 7. The molecule has 0 amide bonds. The predicted molar refractivity (Wildman–Crippen MR) is 72.6 cm³/mol. The summed E-state index contributed by atoms with van der Waals surface area (Å²) in [6.07, 6.45) is 1.86. The number of aliphatic hydroxyl groups is 1. The van der Waals surface area contributed by atoms with Crippen molar-refractivity contribution in [1.82, 2.24) is 9.97 Å². The molecule has 1 rings (SSSR count). The summed E-state index contributed by atoms with van der Waals surface area (Å²) in [6.45, 7) is 7.27. The van der Waals surface area contributed by atoms with Gasteiger partial charge in [0, 0.05) is 24.5 Å². The van der Waals surface area contributed by atoms with Gasteiger partial charge >= 0.3 is 0 Å². The highest BCUT2D eigenvalue weighted by atomic mass is 32.2. The number of aromatic nitrogens is 2. The third kappa shape index (κ3) is 5.37. The molecule has 0 aromatic carbocycles. The molecule has 2 N–H and O–H groups in total. The highest BCUT2D eigenvalue weighted by Gasteiger charge is 2.07. The van der Waals surface area contributed by atoms with E-state index >= 15 is 0 Å². The molecule has 4 nitrogen and oxygen atoms in total. The molecule has 1 atom stereocenters. The molecular formula is C12H21N3OS. The molecule has 0 spiro atoms. The normalized spacial score (nSPS) is 12.5. The van der Waals surface area contributed by atoms with Crippen molar-refractivity contribution in [1.29, 1.82) is 0 Å². The fourth-order valence-electron chi connectivity index (χ4n) is 1.39. The van der Waals surface area contributed by atoms with Crippen LogP contribution in [0.25, 0.3) is 0 Å². The van der Waals surface area contributed by atoms with Gasteiger partial charge in [-0.15, -0.1) is 11.8 Å². The van der Waals surface area contributed by atoms with Gasteiger partial charge in [-0.2, -0.15) is 0 Å². The first-order chi connectivity index (χ1) is 8.15. The quantitative estimate of drug-likeness (QED) is 0.579. The molecule has 0 fully saturated rings. The van der Waals surface area contributed by atoms with Crippen LogP contribution in [0.1, 0.15) is 32.5 Å². The van der Waals surface area contributed by atoms with Crippen LogP contribution in [0.2, 0.25) is 0 Å². The van der Waals surface area contributed by atoms with Gasteiger partial charge in [-0.3, -0.25) is 0 Å². The number of aliphatic hydroxyl groups excluding tert-OH is 1. The topological polar surface area (TPSA) is 58.0 Å². The van der Waals surface area contributed by atoms with E-state index in [0.717, 1.165) is 36.1 Å². The molecule has 0 saturated heterocycles. The fourth-order valence-corrected chi connectivity index (χ4v) is 2.39. The molecule has 96 valence electrons. The minimum absolute atomic E-state index is 0.221. The number of aryl methyl sites for hydroxylation is 1. The lowest BCUT2D eigenvalue weighted by Crippen LogP contribution is -2.05. The SMILES string of the molecule is CCCNc1cc(SC(C)CCO)nc(C)n1. The van der Waals surface area contributed by atoms with Gasteiger partial charge in [0.15, 0.2) is 0 Å². The van der Waals surface area contributed by atoms with Gasteiger partial charge in [-0.05, 0) is 19.8 Å². The van der Waals surface area contributed by atoms with Crippen LogP contribution in [0.15, 0.2) is 11.1 Å². The smallest absolute Gasteiger partial charge is 0.130 e. The Morgan fingerprint density at radius 3 is 2.88 bits per heavy atom. The van der Waals surface area contributed by atoms with Gasteiger partial charge in [-0.25, -0.2) is 9.97 Å². The second kappa shape index (κ2) is 7.50. The first-order valence-electron chi connectivity index (χ1n) is 6.02. The second-order valence-electron chi connectivity index (χ2n) is 4.01. The lowest BCUT2D eigenvalue weighted by atomic mass is 10.3. The van der Waals surface area contributed by atoms with Crippen molar-refractivity contribution in [3.8, 4) is 0 Å². The minimum atomic E-state index is 0.221. The van der Waals surface area contributed by atoms with Gasteiger partial charge < -0.3 is 10.4 Å². The van der Waals surface area contributed by atoms with Crippen LogP contribution in [0.5, 0.6) is 0 Å². The molecule has 5 heteroatoms. The molecule has 1 aromatic heterocycles. The first-order valence-corrected chi connectivity index (χ1v) is 6.90.